The molecule has 0 aliphatic rings. The highest BCUT2D eigenvalue weighted by molar-refractivity contribution is 5.93. The number of nitrogens with one attached hydrogen (secondary N) is 2. The fourth-order valence-corrected chi connectivity index (χ4v) is 1.30. The van der Waals surface area contributed by atoms with E-state index in [2.05, 4.69) is 10.6 Å². The van der Waals surface area contributed by atoms with E-state index < -0.39 is 11.9 Å². The Bertz CT molecular complexity index is 506. The first kappa shape index (κ1) is 14.4. The first-order valence-electron chi connectivity index (χ1n) is 5.53. The molecule has 0 saturated carbocycles. The van der Waals surface area contributed by atoms with Gasteiger partial charge in [0.1, 0.15) is 0 Å². The lowest BCUT2D eigenvalue weighted by Crippen LogP contribution is -2.20. The Labute approximate surface area is 110 Å². The summed E-state index contributed by atoms with van der Waals surface area (Å²) in [6.07, 6.45) is 1.73. The largest absolute Gasteiger partial charge is 0.478 e. The van der Waals surface area contributed by atoms with E-state index in [4.69, 9.17) is 5.11 Å². The lowest BCUT2D eigenvalue weighted by molar-refractivity contribution is -0.131. The Kier molecular flexibility index (Phi) is 5.28. The van der Waals surface area contributed by atoms with Crippen LogP contribution >= 0.6 is 0 Å². The molecule has 0 heterocycles. The molecule has 6 heteroatoms. The van der Waals surface area contributed by atoms with Crippen LogP contribution in [0.2, 0.25) is 0 Å². The SMILES string of the molecule is CC(=O)Nc1ccc(CNC(=O)/C=C/C(=O)O)cc1. The molecule has 0 unspecified atom stereocenters. The van der Waals surface area contributed by atoms with E-state index in [1.165, 1.54) is 6.92 Å². The highest BCUT2D eigenvalue weighted by Crippen LogP contribution is 2.09. The predicted octanol–water partition coefficient (Wildman–Crippen LogP) is 0.902. The molecule has 0 atom stereocenters. The van der Waals surface area contributed by atoms with E-state index in [1.54, 1.807) is 24.3 Å². The summed E-state index contributed by atoms with van der Waals surface area (Å²) in [5.74, 6) is -1.80. The fourth-order valence-electron chi connectivity index (χ4n) is 1.30. The minimum atomic E-state index is -1.17. The van der Waals surface area contributed by atoms with Crippen molar-refractivity contribution in [3.05, 3.63) is 42.0 Å². The Balaban J connectivity index is 2.48. The summed E-state index contributed by atoms with van der Waals surface area (Å²) in [4.78, 5) is 32.2. The second kappa shape index (κ2) is 6.95. The molecule has 0 aromatic heterocycles. The monoisotopic (exact) mass is 262 g/mol. The van der Waals surface area contributed by atoms with Crippen LogP contribution in [0.25, 0.3) is 0 Å². The molecule has 19 heavy (non-hydrogen) atoms. The second-order valence-electron chi connectivity index (χ2n) is 3.77. The Morgan fingerprint density at radius 1 is 1.16 bits per heavy atom. The van der Waals surface area contributed by atoms with Gasteiger partial charge in [-0.05, 0) is 17.7 Å². The number of carboxylic acid groups (broad SMARTS) is 1. The number of carbonyl (C=O) groups is 3. The third-order valence-electron chi connectivity index (χ3n) is 2.12. The quantitative estimate of drug-likeness (QED) is 0.687. The molecule has 0 fully saturated rings. The van der Waals surface area contributed by atoms with Crippen LogP contribution in [-0.4, -0.2) is 22.9 Å². The molecule has 1 rings (SSSR count). The number of aliphatic carboxylic acids is 1. The lowest BCUT2D eigenvalue weighted by atomic mass is 10.2. The zero-order chi connectivity index (χ0) is 14.3. The van der Waals surface area contributed by atoms with Crippen LogP contribution in [0.1, 0.15) is 12.5 Å². The topological polar surface area (TPSA) is 95.5 Å². The third kappa shape index (κ3) is 6.02. The fraction of sp³-hybridized carbons (Fsp3) is 0.154. The van der Waals surface area contributed by atoms with Gasteiger partial charge in [-0.25, -0.2) is 4.79 Å². The minimum absolute atomic E-state index is 0.153. The van der Waals surface area contributed by atoms with Gasteiger partial charge in [0.2, 0.25) is 11.8 Å². The Morgan fingerprint density at radius 3 is 2.32 bits per heavy atom. The number of anilines is 1. The number of carboxylic acids is 1. The molecule has 1 aromatic rings. The van der Waals surface area contributed by atoms with E-state index in [0.29, 0.717) is 5.69 Å². The van der Waals surface area contributed by atoms with Crippen LogP contribution in [0.3, 0.4) is 0 Å². The molecule has 0 bridgehead atoms. The van der Waals surface area contributed by atoms with Crippen molar-refractivity contribution in [2.75, 3.05) is 5.32 Å². The summed E-state index contributed by atoms with van der Waals surface area (Å²) >= 11 is 0. The van der Waals surface area contributed by atoms with Crippen LogP contribution in [0.5, 0.6) is 0 Å². The zero-order valence-electron chi connectivity index (χ0n) is 10.3. The summed E-state index contributed by atoms with van der Waals surface area (Å²) < 4.78 is 0. The molecule has 0 saturated heterocycles. The normalized spacial score (nSPS) is 10.2. The maximum atomic E-state index is 11.2. The molecule has 3 N–H and O–H groups in total. The van der Waals surface area contributed by atoms with Crippen molar-refractivity contribution in [2.24, 2.45) is 0 Å². The maximum Gasteiger partial charge on any atom is 0.328 e. The van der Waals surface area contributed by atoms with Gasteiger partial charge < -0.3 is 15.7 Å². The summed E-state index contributed by atoms with van der Waals surface area (Å²) in [5.41, 5.74) is 1.51. The highest BCUT2D eigenvalue weighted by atomic mass is 16.4. The van der Waals surface area contributed by atoms with E-state index in [1.807, 2.05) is 0 Å². The molecule has 0 aliphatic carbocycles. The summed E-state index contributed by atoms with van der Waals surface area (Å²) in [6, 6.07) is 6.95. The molecule has 100 valence electrons. The third-order valence-corrected chi connectivity index (χ3v) is 2.12. The van der Waals surface area contributed by atoms with Crippen LogP contribution < -0.4 is 10.6 Å². The van der Waals surface area contributed by atoms with Gasteiger partial charge in [0.05, 0.1) is 0 Å². The molecule has 1 aromatic carbocycles. The van der Waals surface area contributed by atoms with E-state index in [0.717, 1.165) is 17.7 Å². The van der Waals surface area contributed by atoms with Gasteiger partial charge in [-0.1, -0.05) is 12.1 Å². The van der Waals surface area contributed by atoms with E-state index in [9.17, 15) is 14.4 Å². The summed E-state index contributed by atoms with van der Waals surface area (Å²) in [7, 11) is 0. The number of amides is 2. The smallest absolute Gasteiger partial charge is 0.328 e. The minimum Gasteiger partial charge on any atom is -0.478 e. The van der Waals surface area contributed by atoms with Crippen molar-refractivity contribution in [1.82, 2.24) is 5.32 Å². The Hall–Kier alpha value is -2.63. The average Bonchev–Trinajstić information content (AvgIpc) is 2.35. The van der Waals surface area contributed by atoms with Crippen molar-refractivity contribution in [2.45, 2.75) is 13.5 Å². The number of rotatable bonds is 5. The highest BCUT2D eigenvalue weighted by Gasteiger charge is 1.99. The van der Waals surface area contributed by atoms with Gasteiger partial charge in [0, 0.05) is 31.3 Å². The van der Waals surface area contributed by atoms with Crippen molar-refractivity contribution >= 4 is 23.5 Å². The molecule has 6 nitrogen and oxygen atoms in total. The zero-order valence-corrected chi connectivity index (χ0v) is 10.3. The van der Waals surface area contributed by atoms with Gasteiger partial charge in [0.15, 0.2) is 0 Å². The maximum absolute atomic E-state index is 11.2. The van der Waals surface area contributed by atoms with E-state index >= 15 is 0 Å². The number of benzene rings is 1. The van der Waals surface area contributed by atoms with Gasteiger partial charge in [-0.2, -0.15) is 0 Å². The number of carbonyl (C=O) groups excluding carboxylic acids is 2. The molecule has 0 radical (unpaired) electrons. The van der Waals surface area contributed by atoms with Crippen molar-refractivity contribution in [3.63, 3.8) is 0 Å². The first-order chi connectivity index (χ1) is 8.97. The van der Waals surface area contributed by atoms with Crippen molar-refractivity contribution in [1.29, 1.82) is 0 Å². The van der Waals surface area contributed by atoms with Crippen LogP contribution in [0, 0.1) is 0 Å². The molecular formula is C13H14N2O4. The van der Waals surface area contributed by atoms with Crippen LogP contribution in [0.4, 0.5) is 5.69 Å². The Morgan fingerprint density at radius 2 is 1.79 bits per heavy atom. The van der Waals surface area contributed by atoms with Gasteiger partial charge in [0.25, 0.3) is 0 Å². The van der Waals surface area contributed by atoms with Gasteiger partial charge >= 0.3 is 5.97 Å². The standard InChI is InChI=1S/C13H14N2O4/c1-9(16)15-11-4-2-10(3-5-11)8-14-12(17)6-7-13(18)19/h2-7H,8H2,1H3,(H,14,17)(H,15,16)(H,18,19)/b7-6+. The summed E-state index contributed by atoms with van der Waals surface area (Å²) in [6.45, 7) is 1.70. The van der Waals surface area contributed by atoms with Gasteiger partial charge in [-0.3, -0.25) is 9.59 Å². The molecular weight excluding hydrogens is 248 g/mol. The summed E-state index contributed by atoms with van der Waals surface area (Å²) in [5, 5.41) is 13.5. The first-order valence-corrected chi connectivity index (χ1v) is 5.53. The molecule has 2 amide bonds. The second-order valence-corrected chi connectivity index (χ2v) is 3.77. The number of hydrogen-bond acceptors (Lipinski definition) is 3. The van der Waals surface area contributed by atoms with Crippen LogP contribution in [0.15, 0.2) is 36.4 Å². The average molecular weight is 262 g/mol. The van der Waals surface area contributed by atoms with Gasteiger partial charge in [-0.15, -0.1) is 0 Å². The predicted molar refractivity (Wildman–Crippen MR) is 69.4 cm³/mol. The van der Waals surface area contributed by atoms with E-state index in [-0.39, 0.29) is 12.5 Å². The van der Waals surface area contributed by atoms with Crippen molar-refractivity contribution < 1.29 is 19.5 Å². The molecule has 0 aliphatic heterocycles. The van der Waals surface area contributed by atoms with Crippen molar-refractivity contribution in [3.8, 4) is 0 Å². The lowest BCUT2D eigenvalue weighted by Gasteiger charge is -2.05. The van der Waals surface area contributed by atoms with Crippen LogP contribution in [-0.2, 0) is 20.9 Å². The number of hydrogen-bond donors (Lipinski definition) is 3. The molecule has 0 spiro atoms.